The molecule has 0 aromatic heterocycles. The average molecular weight is 227 g/mol. The highest BCUT2D eigenvalue weighted by Gasteiger charge is 1.95. The van der Waals surface area contributed by atoms with Crippen LogP contribution >= 0.6 is 0 Å². The first-order valence-corrected chi connectivity index (χ1v) is 5.72. The number of hydrogen-bond acceptors (Lipinski definition) is 6. The van der Waals surface area contributed by atoms with Crippen LogP contribution in [0.15, 0.2) is 0 Å². The number of methoxy groups -OCH3 is 1. The van der Waals surface area contributed by atoms with E-state index in [1.165, 1.54) is 0 Å². The Labute approximate surface area is 83.9 Å². The molecule has 0 aromatic carbocycles. The van der Waals surface area contributed by atoms with Crippen LogP contribution in [-0.4, -0.2) is 58.9 Å². The van der Waals surface area contributed by atoms with Crippen LogP contribution in [0.2, 0.25) is 0 Å². The molecule has 0 aromatic rings. The molecule has 0 bridgehead atoms. The SMILES string of the molecule is COCCOCCOCCS(=O)(=O)[O-]. The quantitative estimate of drug-likeness (QED) is 0.379. The van der Waals surface area contributed by atoms with E-state index in [2.05, 4.69) is 0 Å². The van der Waals surface area contributed by atoms with E-state index in [1.807, 2.05) is 0 Å². The minimum atomic E-state index is -4.16. The predicted octanol–water partition coefficient (Wildman–Crippen LogP) is -0.789. The summed E-state index contributed by atoms with van der Waals surface area (Å²) in [7, 11) is -2.59. The van der Waals surface area contributed by atoms with Crippen molar-refractivity contribution in [2.45, 2.75) is 0 Å². The third-order valence-corrected chi connectivity index (χ3v) is 1.95. The maximum absolute atomic E-state index is 10.1. The van der Waals surface area contributed by atoms with Crippen molar-refractivity contribution in [1.29, 1.82) is 0 Å². The predicted molar refractivity (Wildman–Crippen MR) is 48.1 cm³/mol. The van der Waals surface area contributed by atoms with Crippen LogP contribution in [0.25, 0.3) is 0 Å². The van der Waals surface area contributed by atoms with E-state index in [0.29, 0.717) is 19.8 Å². The third kappa shape index (κ3) is 11.8. The van der Waals surface area contributed by atoms with Crippen LogP contribution in [-0.2, 0) is 24.3 Å². The van der Waals surface area contributed by atoms with Gasteiger partial charge in [0.05, 0.1) is 48.9 Å². The summed E-state index contributed by atoms with van der Waals surface area (Å²) >= 11 is 0. The van der Waals surface area contributed by atoms with Crippen molar-refractivity contribution < 1.29 is 27.2 Å². The topological polar surface area (TPSA) is 84.9 Å². The Morgan fingerprint density at radius 2 is 1.50 bits per heavy atom. The summed E-state index contributed by atoms with van der Waals surface area (Å²) in [6.07, 6.45) is 0. The second-order valence-electron chi connectivity index (χ2n) is 2.48. The standard InChI is InChI=1S/C7H16O6S/c1-11-2-3-12-4-5-13-6-7-14(8,9)10/h2-7H2,1H3,(H,8,9,10)/p-1. The molecule has 0 N–H and O–H groups in total. The molecule has 0 rings (SSSR count). The van der Waals surface area contributed by atoms with Crippen molar-refractivity contribution in [3.63, 3.8) is 0 Å². The van der Waals surface area contributed by atoms with Gasteiger partial charge in [0.25, 0.3) is 0 Å². The summed E-state index contributed by atoms with van der Waals surface area (Å²) in [4.78, 5) is 0. The summed E-state index contributed by atoms with van der Waals surface area (Å²) in [5.41, 5.74) is 0. The van der Waals surface area contributed by atoms with E-state index in [0.717, 1.165) is 0 Å². The van der Waals surface area contributed by atoms with Gasteiger partial charge in [0, 0.05) is 7.11 Å². The molecule has 0 aliphatic heterocycles. The molecule has 0 unspecified atom stereocenters. The zero-order valence-corrected chi connectivity index (χ0v) is 8.92. The van der Waals surface area contributed by atoms with Gasteiger partial charge in [-0.05, 0) is 0 Å². The monoisotopic (exact) mass is 227 g/mol. The van der Waals surface area contributed by atoms with E-state index >= 15 is 0 Å². The maximum atomic E-state index is 10.1. The van der Waals surface area contributed by atoms with E-state index < -0.39 is 15.9 Å². The number of rotatable bonds is 9. The van der Waals surface area contributed by atoms with Gasteiger partial charge in [-0.2, -0.15) is 0 Å². The van der Waals surface area contributed by atoms with E-state index in [9.17, 15) is 13.0 Å². The van der Waals surface area contributed by atoms with Gasteiger partial charge in [-0.25, -0.2) is 8.42 Å². The summed E-state index contributed by atoms with van der Waals surface area (Å²) in [6.45, 7) is 1.54. The molecule has 0 amide bonds. The molecular formula is C7H15O6S-. The van der Waals surface area contributed by atoms with Gasteiger partial charge in [-0.3, -0.25) is 0 Å². The first-order chi connectivity index (χ1) is 6.56. The van der Waals surface area contributed by atoms with Gasteiger partial charge in [0.15, 0.2) is 0 Å². The Balaban J connectivity index is 3.07. The van der Waals surface area contributed by atoms with Gasteiger partial charge < -0.3 is 18.8 Å². The molecule has 0 atom stereocenters. The molecule has 0 fully saturated rings. The van der Waals surface area contributed by atoms with Crippen molar-refractivity contribution in [3.8, 4) is 0 Å². The van der Waals surface area contributed by atoms with Gasteiger partial charge in [-0.15, -0.1) is 0 Å². The average Bonchev–Trinajstić information content (AvgIpc) is 2.08. The second kappa shape index (κ2) is 8.13. The lowest BCUT2D eigenvalue weighted by Gasteiger charge is -2.07. The van der Waals surface area contributed by atoms with Crippen molar-refractivity contribution in [3.05, 3.63) is 0 Å². The first kappa shape index (κ1) is 13.8. The lowest BCUT2D eigenvalue weighted by atomic mass is 10.7. The zero-order chi connectivity index (χ0) is 10.9. The normalized spacial score (nSPS) is 11.9. The van der Waals surface area contributed by atoms with Crippen LogP contribution in [0.4, 0.5) is 0 Å². The van der Waals surface area contributed by atoms with E-state index in [-0.39, 0.29) is 13.2 Å². The summed E-state index contributed by atoms with van der Waals surface area (Å²) < 4.78 is 45.0. The molecule has 86 valence electrons. The molecule has 0 spiro atoms. The van der Waals surface area contributed by atoms with Gasteiger partial charge in [0.2, 0.25) is 0 Å². The van der Waals surface area contributed by atoms with Crippen molar-refractivity contribution in [1.82, 2.24) is 0 Å². The molecule has 0 saturated carbocycles. The summed E-state index contributed by atoms with van der Waals surface area (Å²) in [5, 5.41) is 0. The maximum Gasteiger partial charge on any atom is 0.0968 e. The molecule has 0 radical (unpaired) electrons. The van der Waals surface area contributed by atoms with Crippen molar-refractivity contribution in [2.24, 2.45) is 0 Å². The molecule has 14 heavy (non-hydrogen) atoms. The van der Waals surface area contributed by atoms with Gasteiger partial charge in [-0.1, -0.05) is 0 Å². The molecule has 0 aliphatic carbocycles. The van der Waals surface area contributed by atoms with E-state index in [1.54, 1.807) is 7.11 Å². The van der Waals surface area contributed by atoms with Crippen molar-refractivity contribution in [2.75, 3.05) is 45.9 Å². The summed E-state index contributed by atoms with van der Waals surface area (Å²) in [6, 6.07) is 0. The first-order valence-electron chi connectivity index (χ1n) is 4.14. The fourth-order valence-corrected chi connectivity index (χ4v) is 0.947. The van der Waals surface area contributed by atoms with Crippen LogP contribution in [0.1, 0.15) is 0 Å². The van der Waals surface area contributed by atoms with Crippen LogP contribution < -0.4 is 0 Å². The van der Waals surface area contributed by atoms with Crippen molar-refractivity contribution >= 4 is 10.1 Å². The summed E-state index contributed by atoms with van der Waals surface area (Å²) in [5.74, 6) is -0.495. The third-order valence-electron chi connectivity index (χ3n) is 1.28. The Morgan fingerprint density at radius 3 is 2.00 bits per heavy atom. The molecular weight excluding hydrogens is 212 g/mol. The number of hydrogen-bond donors (Lipinski definition) is 0. The van der Waals surface area contributed by atoms with Crippen LogP contribution in [0.5, 0.6) is 0 Å². The lowest BCUT2D eigenvalue weighted by molar-refractivity contribution is 0.0282. The van der Waals surface area contributed by atoms with Crippen LogP contribution in [0.3, 0.4) is 0 Å². The van der Waals surface area contributed by atoms with E-state index in [4.69, 9.17) is 14.2 Å². The fraction of sp³-hybridized carbons (Fsp3) is 1.00. The molecule has 0 aliphatic rings. The Bertz CT molecular complexity index is 212. The minimum Gasteiger partial charge on any atom is -0.748 e. The Kier molecular flexibility index (Phi) is 8.01. The Hall–Kier alpha value is -0.210. The van der Waals surface area contributed by atoms with Gasteiger partial charge >= 0.3 is 0 Å². The number of ether oxygens (including phenoxy) is 3. The zero-order valence-electron chi connectivity index (χ0n) is 8.10. The molecule has 0 saturated heterocycles. The second-order valence-corrected chi connectivity index (χ2v) is 4.00. The fourth-order valence-electron chi connectivity index (χ4n) is 0.625. The molecule has 0 heterocycles. The van der Waals surface area contributed by atoms with Crippen LogP contribution in [0, 0.1) is 0 Å². The smallest absolute Gasteiger partial charge is 0.0968 e. The highest BCUT2D eigenvalue weighted by Crippen LogP contribution is 1.84. The molecule has 6 nitrogen and oxygen atoms in total. The Morgan fingerprint density at radius 1 is 1.00 bits per heavy atom. The minimum absolute atomic E-state index is 0.0839. The highest BCUT2D eigenvalue weighted by atomic mass is 32.2. The van der Waals surface area contributed by atoms with Gasteiger partial charge in [0.1, 0.15) is 0 Å². The molecule has 7 heteroatoms. The highest BCUT2D eigenvalue weighted by molar-refractivity contribution is 7.85. The lowest BCUT2D eigenvalue weighted by Crippen LogP contribution is -2.14. The largest absolute Gasteiger partial charge is 0.748 e.